The molecule has 0 aliphatic heterocycles. The third-order valence-electron chi connectivity index (χ3n) is 1.55. The fourth-order valence-electron chi connectivity index (χ4n) is 1.07. The summed E-state index contributed by atoms with van der Waals surface area (Å²) in [6.45, 7) is 0. The average Bonchev–Trinajstić information content (AvgIpc) is 2.52. The molecule has 12 heavy (non-hydrogen) atoms. The number of hydrogen-bond donors (Lipinski definition) is 0. The van der Waals surface area contributed by atoms with E-state index in [1.807, 2.05) is 0 Å². The standard InChI is InChI=1S/C9H7.2ClH.Nb/c1-2-5-9-7-3-6-8(9)4-1;;;/h1-7H;2*1H;/q-1;;;+2/p-2. The van der Waals surface area contributed by atoms with E-state index in [-0.39, 0.29) is 0 Å². The van der Waals surface area contributed by atoms with Crippen molar-refractivity contribution in [1.29, 1.82) is 0 Å². The van der Waals surface area contributed by atoms with Crippen LogP contribution in [-0.2, 0) is 17.6 Å². The molecule has 0 saturated heterocycles. The van der Waals surface area contributed by atoms with Gasteiger partial charge in [0.05, 0.1) is 0 Å². The molecule has 0 atom stereocenters. The van der Waals surface area contributed by atoms with Crippen molar-refractivity contribution in [3.63, 3.8) is 0 Å². The third kappa shape index (κ3) is 2.89. The van der Waals surface area contributed by atoms with Crippen molar-refractivity contribution in [3.05, 3.63) is 42.5 Å². The minimum absolute atomic E-state index is 0.706. The Bertz CT molecular complexity index is 300. The smallest absolute Gasteiger partial charge is 0.0809 e. The second-order valence-electron chi connectivity index (χ2n) is 2.22. The van der Waals surface area contributed by atoms with Crippen LogP contribution in [0, 0.1) is 0 Å². The minimum Gasteiger partial charge on any atom is -0.168 e. The van der Waals surface area contributed by atoms with E-state index in [0.29, 0.717) is 0 Å². The molecule has 0 N–H and O–H groups in total. The van der Waals surface area contributed by atoms with Gasteiger partial charge in [0.1, 0.15) is 0 Å². The number of hydrogen-bond acceptors (Lipinski definition) is 0. The number of benzene rings is 1. The van der Waals surface area contributed by atoms with Crippen molar-refractivity contribution in [2.45, 2.75) is 0 Å². The molecule has 3 heteroatoms. The molecular formula is C9H7Cl2Nb-. The van der Waals surface area contributed by atoms with Crippen molar-refractivity contribution < 1.29 is 17.6 Å². The first-order chi connectivity index (χ1) is 5.88. The van der Waals surface area contributed by atoms with Gasteiger partial charge in [0.15, 0.2) is 0 Å². The van der Waals surface area contributed by atoms with Crippen LogP contribution in [0.3, 0.4) is 0 Å². The maximum Gasteiger partial charge on any atom is -0.0809 e. The van der Waals surface area contributed by atoms with E-state index in [1.165, 1.54) is 10.8 Å². The monoisotopic (exact) mass is 278 g/mol. The predicted octanol–water partition coefficient (Wildman–Crippen LogP) is 3.94. The van der Waals surface area contributed by atoms with E-state index >= 15 is 0 Å². The summed E-state index contributed by atoms with van der Waals surface area (Å²) in [5.74, 6) is 0. The predicted molar refractivity (Wildman–Crippen MR) is 51.2 cm³/mol. The number of fused-ring (bicyclic) bond motifs is 1. The summed E-state index contributed by atoms with van der Waals surface area (Å²) in [7, 11) is 9.83. The molecule has 0 heterocycles. The summed E-state index contributed by atoms with van der Waals surface area (Å²) >= 11 is -0.706. The van der Waals surface area contributed by atoms with Crippen LogP contribution in [0.1, 0.15) is 0 Å². The van der Waals surface area contributed by atoms with Gasteiger partial charge in [-0.25, -0.2) is 0 Å². The van der Waals surface area contributed by atoms with Gasteiger partial charge in [-0.05, 0) is 0 Å². The summed E-state index contributed by atoms with van der Waals surface area (Å²) in [6, 6.07) is 14.7. The fraction of sp³-hybridized carbons (Fsp3) is 0. The summed E-state index contributed by atoms with van der Waals surface area (Å²) in [5.41, 5.74) is 0. The van der Waals surface area contributed by atoms with Gasteiger partial charge in [-0.2, -0.15) is 17.5 Å². The van der Waals surface area contributed by atoms with Crippen LogP contribution < -0.4 is 0 Å². The molecule has 2 aromatic carbocycles. The first-order valence-corrected chi connectivity index (χ1v) is 9.07. The topological polar surface area (TPSA) is 0 Å². The van der Waals surface area contributed by atoms with Crippen molar-refractivity contribution in [2.24, 2.45) is 0 Å². The van der Waals surface area contributed by atoms with Crippen LogP contribution >= 0.6 is 18.4 Å². The van der Waals surface area contributed by atoms with E-state index in [4.69, 9.17) is 18.4 Å². The Balaban J connectivity index is 0.000000213. The van der Waals surface area contributed by atoms with E-state index < -0.39 is 17.6 Å². The van der Waals surface area contributed by atoms with E-state index in [0.717, 1.165) is 0 Å². The Morgan fingerprint density at radius 3 is 2.42 bits per heavy atom. The molecule has 0 fully saturated rings. The van der Waals surface area contributed by atoms with Gasteiger partial charge in [0.2, 0.25) is 0 Å². The first kappa shape index (κ1) is 10.2. The second-order valence-corrected chi connectivity index (χ2v) is 5.56. The number of rotatable bonds is 0. The molecule has 0 bridgehead atoms. The zero-order valence-corrected chi connectivity index (χ0v) is 9.95. The summed E-state index contributed by atoms with van der Waals surface area (Å²) in [5, 5.41) is 2.66. The SMILES string of the molecule is [Cl][Nb][Cl].c1ccc2[cH-]ccc2c1. The molecule has 0 aromatic heterocycles. The van der Waals surface area contributed by atoms with Gasteiger partial charge in [0.25, 0.3) is 0 Å². The van der Waals surface area contributed by atoms with Crippen LogP contribution in [0.5, 0.6) is 0 Å². The van der Waals surface area contributed by atoms with Gasteiger partial charge in [-0.15, -0.1) is 29.7 Å². The largest absolute Gasteiger partial charge is 0.168 e. The van der Waals surface area contributed by atoms with Gasteiger partial charge in [-0.3, -0.25) is 0 Å². The van der Waals surface area contributed by atoms with Crippen molar-refractivity contribution in [3.8, 4) is 0 Å². The van der Waals surface area contributed by atoms with Gasteiger partial charge in [-0.1, -0.05) is 6.07 Å². The minimum atomic E-state index is -0.706. The molecule has 0 aliphatic carbocycles. The second kappa shape index (κ2) is 5.74. The molecule has 0 saturated carbocycles. The van der Waals surface area contributed by atoms with Crippen molar-refractivity contribution in [2.75, 3.05) is 0 Å². The van der Waals surface area contributed by atoms with Crippen molar-refractivity contribution >= 4 is 29.2 Å². The summed E-state index contributed by atoms with van der Waals surface area (Å²) in [4.78, 5) is 0. The van der Waals surface area contributed by atoms with Crippen molar-refractivity contribution in [1.82, 2.24) is 0 Å². The zero-order valence-electron chi connectivity index (χ0n) is 6.24. The van der Waals surface area contributed by atoms with E-state index in [2.05, 4.69) is 42.5 Å². The first-order valence-electron chi connectivity index (χ1n) is 3.41. The third-order valence-corrected chi connectivity index (χ3v) is 1.55. The number of halogens is 2. The average molecular weight is 279 g/mol. The van der Waals surface area contributed by atoms with Crippen LogP contribution in [-0.4, -0.2) is 0 Å². The van der Waals surface area contributed by atoms with Gasteiger partial charge in [0, 0.05) is 0 Å². The molecule has 63 valence electrons. The van der Waals surface area contributed by atoms with Gasteiger partial charge >= 0.3 is 36.0 Å². The molecular weight excluding hydrogens is 272 g/mol. The van der Waals surface area contributed by atoms with E-state index in [1.54, 1.807) is 0 Å². The molecule has 0 amide bonds. The maximum atomic E-state index is 4.91. The Kier molecular flexibility index (Phi) is 4.89. The molecule has 0 spiro atoms. The maximum absolute atomic E-state index is 4.91. The molecule has 2 rings (SSSR count). The van der Waals surface area contributed by atoms with E-state index in [9.17, 15) is 0 Å². The van der Waals surface area contributed by atoms with Crippen LogP contribution in [0.25, 0.3) is 10.8 Å². The quantitative estimate of drug-likeness (QED) is 0.506. The normalized spacial score (nSPS) is 8.83. The Morgan fingerprint density at radius 2 is 1.75 bits per heavy atom. The molecule has 0 aliphatic rings. The zero-order chi connectivity index (χ0) is 8.81. The molecule has 0 radical (unpaired) electrons. The molecule has 2 aromatic rings. The van der Waals surface area contributed by atoms with Crippen LogP contribution in [0.4, 0.5) is 0 Å². The van der Waals surface area contributed by atoms with Crippen LogP contribution in [0.15, 0.2) is 42.5 Å². The Labute approximate surface area is 88.8 Å². The van der Waals surface area contributed by atoms with Gasteiger partial charge < -0.3 is 0 Å². The van der Waals surface area contributed by atoms with Crippen LogP contribution in [0.2, 0.25) is 0 Å². The Morgan fingerprint density at radius 1 is 1.08 bits per heavy atom. The fourth-order valence-corrected chi connectivity index (χ4v) is 1.07. The molecule has 0 nitrogen and oxygen atoms in total. The summed E-state index contributed by atoms with van der Waals surface area (Å²) in [6.07, 6.45) is 0. The summed E-state index contributed by atoms with van der Waals surface area (Å²) < 4.78 is 0. The molecule has 0 unspecified atom stereocenters. The Hall–Kier alpha value is 0.150.